The highest BCUT2D eigenvalue weighted by atomic mass is 79.9. The number of carbonyl (C=O) groups excluding carboxylic acids is 1. The molecule has 0 radical (unpaired) electrons. The van der Waals surface area contributed by atoms with E-state index in [0.717, 1.165) is 5.56 Å². The molecule has 0 aromatic heterocycles. The van der Waals surface area contributed by atoms with Crippen molar-refractivity contribution in [1.29, 1.82) is 0 Å². The van der Waals surface area contributed by atoms with Gasteiger partial charge in [0.2, 0.25) is 5.91 Å². The molecule has 0 aliphatic rings. The minimum Gasteiger partial charge on any atom is -0.493 e. The Balaban J connectivity index is 2.58. The molecule has 0 bridgehead atoms. The lowest BCUT2D eigenvalue weighted by Crippen LogP contribution is -2.32. The van der Waals surface area contributed by atoms with Gasteiger partial charge in [-0.2, -0.15) is 0 Å². The van der Waals surface area contributed by atoms with Crippen molar-refractivity contribution in [3.63, 3.8) is 0 Å². The first-order valence-electron chi connectivity index (χ1n) is 6.59. The van der Waals surface area contributed by atoms with E-state index in [-0.39, 0.29) is 10.7 Å². The predicted octanol–water partition coefficient (Wildman–Crippen LogP) is 2.78. The van der Waals surface area contributed by atoms with E-state index in [1.165, 1.54) is 0 Å². The molecule has 4 nitrogen and oxygen atoms in total. The number of hydrogen-bond acceptors (Lipinski definition) is 3. The Morgan fingerprint density at radius 1 is 1.25 bits per heavy atom. The lowest BCUT2D eigenvalue weighted by atomic mass is 10.1. The lowest BCUT2D eigenvalue weighted by molar-refractivity contribution is -0.120. The standard InChI is InChI=1S/C15H22BrNO3/c1-10(2)12(16)9-17-15(18)8-11-5-6-13(19-3)14(7-11)20-4/h5-7,10,12H,8-9H2,1-4H3,(H,17,18). The average Bonchev–Trinajstić information content (AvgIpc) is 2.44. The maximum absolute atomic E-state index is 11.9. The zero-order chi connectivity index (χ0) is 15.1. The summed E-state index contributed by atoms with van der Waals surface area (Å²) in [6.07, 6.45) is 0.332. The molecule has 0 saturated heterocycles. The zero-order valence-electron chi connectivity index (χ0n) is 12.4. The van der Waals surface area contributed by atoms with Crippen LogP contribution in [0.4, 0.5) is 0 Å². The van der Waals surface area contributed by atoms with E-state index in [1.807, 2.05) is 18.2 Å². The molecule has 1 aromatic rings. The van der Waals surface area contributed by atoms with Gasteiger partial charge in [0, 0.05) is 11.4 Å². The van der Waals surface area contributed by atoms with Crippen molar-refractivity contribution in [2.45, 2.75) is 25.1 Å². The molecule has 112 valence electrons. The van der Waals surface area contributed by atoms with Gasteiger partial charge in [-0.05, 0) is 23.6 Å². The first-order valence-corrected chi connectivity index (χ1v) is 7.51. The Bertz CT molecular complexity index is 449. The SMILES string of the molecule is COc1ccc(CC(=O)NCC(Br)C(C)C)cc1OC. The molecule has 1 aromatic carbocycles. The van der Waals surface area contributed by atoms with Gasteiger partial charge in [-0.25, -0.2) is 0 Å². The number of rotatable bonds is 7. The van der Waals surface area contributed by atoms with Gasteiger partial charge in [-0.3, -0.25) is 4.79 Å². The van der Waals surface area contributed by atoms with Crippen LogP contribution in [0.5, 0.6) is 11.5 Å². The molecular formula is C15H22BrNO3. The second-order valence-electron chi connectivity index (χ2n) is 4.93. The van der Waals surface area contributed by atoms with Crippen molar-refractivity contribution in [3.05, 3.63) is 23.8 Å². The van der Waals surface area contributed by atoms with E-state index < -0.39 is 0 Å². The summed E-state index contributed by atoms with van der Waals surface area (Å²) in [4.78, 5) is 12.2. The van der Waals surface area contributed by atoms with Crippen LogP contribution in [-0.4, -0.2) is 31.5 Å². The van der Waals surface area contributed by atoms with Crippen molar-refractivity contribution in [1.82, 2.24) is 5.32 Å². The third-order valence-corrected chi connectivity index (χ3v) is 4.41. The number of methoxy groups -OCH3 is 2. The Hall–Kier alpha value is -1.23. The van der Waals surface area contributed by atoms with Crippen LogP contribution in [0.1, 0.15) is 19.4 Å². The highest BCUT2D eigenvalue weighted by molar-refractivity contribution is 9.09. The summed E-state index contributed by atoms with van der Waals surface area (Å²) < 4.78 is 10.4. The maximum Gasteiger partial charge on any atom is 0.224 e. The number of halogens is 1. The fraction of sp³-hybridized carbons (Fsp3) is 0.533. The normalized spacial score (nSPS) is 12.1. The molecule has 20 heavy (non-hydrogen) atoms. The third kappa shape index (κ3) is 5.04. The first-order chi connectivity index (χ1) is 9.47. The number of benzene rings is 1. The van der Waals surface area contributed by atoms with Crippen LogP contribution in [0.2, 0.25) is 0 Å². The molecule has 0 fully saturated rings. The fourth-order valence-corrected chi connectivity index (χ4v) is 1.85. The van der Waals surface area contributed by atoms with Crippen molar-refractivity contribution in [2.24, 2.45) is 5.92 Å². The summed E-state index contributed by atoms with van der Waals surface area (Å²) in [5.74, 6) is 1.79. The van der Waals surface area contributed by atoms with E-state index in [4.69, 9.17) is 9.47 Å². The van der Waals surface area contributed by atoms with E-state index in [0.29, 0.717) is 30.4 Å². The summed E-state index contributed by atoms with van der Waals surface area (Å²) in [6.45, 7) is 4.85. The van der Waals surface area contributed by atoms with Crippen molar-refractivity contribution < 1.29 is 14.3 Å². The second kappa shape index (κ2) is 8.15. The monoisotopic (exact) mass is 343 g/mol. The smallest absolute Gasteiger partial charge is 0.224 e. The molecule has 0 saturated carbocycles. The Morgan fingerprint density at radius 2 is 1.90 bits per heavy atom. The van der Waals surface area contributed by atoms with Crippen LogP contribution >= 0.6 is 15.9 Å². The fourth-order valence-electron chi connectivity index (χ4n) is 1.69. The van der Waals surface area contributed by atoms with Crippen LogP contribution in [-0.2, 0) is 11.2 Å². The maximum atomic E-state index is 11.9. The molecule has 5 heteroatoms. The summed E-state index contributed by atoms with van der Waals surface area (Å²) in [7, 11) is 3.17. The average molecular weight is 344 g/mol. The summed E-state index contributed by atoms with van der Waals surface area (Å²) in [5.41, 5.74) is 0.899. The highest BCUT2D eigenvalue weighted by Gasteiger charge is 2.12. The molecular weight excluding hydrogens is 322 g/mol. The van der Waals surface area contributed by atoms with Crippen LogP contribution < -0.4 is 14.8 Å². The van der Waals surface area contributed by atoms with E-state index in [2.05, 4.69) is 35.1 Å². The lowest BCUT2D eigenvalue weighted by Gasteiger charge is -2.14. The van der Waals surface area contributed by atoms with Crippen LogP contribution in [0.15, 0.2) is 18.2 Å². The van der Waals surface area contributed by atoms with Crippen LogP contribution in [0.25, 0.3) is 0 Å². The molecule has 1 amide bonds. The van der Waals surface area contributed by atoms with Crippen molar-refractivity contribution >= 4 is 21.8 Å². The minimum absolute atomic E-state index is 0.00215. The molecule has 1 atom stereocenters. The van der Waals surface area contributed by atoms with Gasteiger partial charge >= 0.3 is 0 Å². The summed E-state index contributed by atoms with van der Waals surface area (Å²) >= 11 is 3.55. The van der Waals surface area contributed by atoms with Gasteiger partial charge in [0.15, 0.2) is 11.5 Å². The summed E-state index contributed by atoms with van der Waals surface area (Å²) in [5, 5.41) is 2.92. The molecule has 0 spiro atoms. The molecule has 1 unspecified atom stereocenters. The van der Waals surface area contributed by atoms with Gasteiger partial charge < -0.3 is 14.8 Å². The Labute approximate surface area is 129 Å². The largest absolute Gasteiger partial charge is 0.493 e. The van der Waals surface area contributed by atoms with Gasteiger partial charge in [-0.15, -0.1) is 0 Å². The topological polar surface area (TPSA) is 47.6 Å². The third-order valence-electron chi connectivity index (χ3n) is 3.03. The van der Waals surface area contributed by atoms with E-state index in [9.17, 15) is 4.79 Å². The molecule has 0 heterocycles. The Kier molecular flexibility index (Phi) is 6.85. The Morgan fingerprint density at radius 3 is 2.45 bits per heavy atom. The van der Waals surface area contributed by atoms with Gasteiger partial charge in [0.25, 0.3) is 0 Å². The number of ether oxygens (including phenoxy) is 2. The molecule has 1 rings (SSSR count). The van der Waals surface area contributed by atoms with Crippen LogP contribution in [0, 0.1) is 5.92 Å². The molecule has 0 aliphatic carbocycles. The minimum atomic E-state index is 0.00215. The van der Waals surface area contributed by atoms with Gasteiger partial charge in [0.1, 0.15) is 0 Å². The number of carbonyl (C=O) groups is 1. The van der Waals surface area contributed by atoms with Gasteiger partial charge in [0.05, 0.1) is 20.6 Å². The molecule has 0 aliphatic heterocycles. The van der Waals surface area contributed by atoms with Crippen LogP contribution in [0.3, 0.4) is 0 Å². The highest BCUT2D eigenvalue weighted by Crippen LogP contribution is 2.27. The first kappa shape index (κ1) is 16.8. The quantitative estimate of drug-likeness (QED) is 0.774. The van der Waals surface area contributed by atoms with Gasteiger partial charge in [-0.1, -0.05) is 35.8 Å². The number of nitrogens with one attached hydrogen (secondary N) is 1. The summed E-state index contributed by atoms with van der Waals surface area (Å²) in [6, 6.07) is 5.50. The predicted molar refractivity (Wildman–Crippen MR) is 83.8 cm³/mol. The van der Waals surface area contributed by atoms with Crippen molar-refractivity contribution in [2.75, 3.05) is 20.8 Å². The number of alkyl halides is 1. The molecule has 1 N–H and O–H groups in total. The number of amides is 1. The van der Waals surface area contributed by atoms with E-state index >= 15 is 0 Å². The van der Waals surface area contributed by atoms with E-state index in [1.54, 1.807) is 14.2 Å². The number of hydrogen-bond donors (Lipinski definition) is 1. The van der Waals surface area contributed by atoms with Crippen molar-refractivity contribution in [3.8, 4) is 11.5 Å². The zero-order valence-corrected chi connectivity index (χ0v) is 14.0. The second-order valence-corrected chi connectivity index (χ2v) is 6.11.